The van der Waals surface area contributed by atoms with E-state index in [0.29, 0.717) is 44.1 Å². The van der Waals surface area contributed by atoms with Gasteiger partial charge in [-0.1, -0.05) is 6.07 Å². The number of methoxy groups -OCH3 is 2. The third-order valence-electron chi connectivity index (χ3n) is 6.39. The van der Waals surface area contributed by atoms with Crippen molar-refractivity contribution in [3.05, 3.63) is 23.8 Å². The number of rotatable bonds is 5. The van der Waals surface area contributed by atoms with E-state index in [1.807, 2.05) is 28.0 Å². The zero-order chi connectivity index (χ0) is 20.3. The number of carbonyl (C=O) groups excluding carboxylic acids is 2. The third-order valence-corrected chi connectivity index (χ3v) is 6.39. The maximum Gasteiger partial charge on any atom is 0.226 e. The number of hydrogen-bond donors (Lipinski definition) is 1. The van der Waals surface area contributed by atoms with Crippen LogP contribution in [-0.4, -0.2) is 73.7 Å². The van der Waals surface area contributed by atoms with Gasteiger partial charge in [0.05, 0.1) is 20.6 Å². The number of likely N-dealkylation sites (tertiary alicyclic amines) is 2. The Hall–Kier alpha value is -2.28. The van der Waals surface area contributed by atoms with Crippen LogP contribution in [0.2, 0.25) is 0 Å². The van der Waals surface area contributed by atoms with E-state index in [4.69, 9.17) is 9.47 Å². The lowest BCUT2D eigenvalue weighted by Crippen LogP contribution is -2.47. The summed E-state index contributed by atoms with van der Waals surface area (Å²) < 4.78 is 10.6. The van der Waals surface area contributed by atoms with Gasteiger partial charge in [0.2, 0.25) is 11.8 Å². The number of amides is 2. The van der Waals surface area contributed by atoms with Crippen LogP contribution in [0.3, 0.4) is 0 Å². The smallest absolute Gasteiger partial charge is 0.226 e. The van der Waals surface area contributed by atoms with Crippen LogP contribution in [0.5, 0.6) is 11.5 Å². The van der Waals surface area contributed by atoms with Crippen molar-refractivity contribution in [2.24, 2.45) is 11.3 Å². The normalized spacial score (nSPS) is 21.1. The summed E-state index contributed by atoms with van der Waals surface area (Å²) in [6.07, 6.45) is 1.95. The molecule has 154 valence electrons. The fraction of sp³-hybridized carbons (Fsp3) is 0.619. The molecule has 0 saturated carbocycles. The van der Waals surface area contributed by atoms with Crippen molar-refractivity contribution in [1.29, 1.82) is 0 Å². The number of hydrogen-bond acceptors (Lipinski definition) is 5. The summed E-state index contributed by atoms with van der Waals surface area (Å²) in [5.74, 6) is 1.50. The second-order valence-corrected chi connectivity index (χ2v) is 7.89. The molecule has 0 bridgehead atoms. The maximum absolute atomic E-state index is 12.8. The van der Waals surface area contributed by atoms with Gasteiger partial charge in [-0.2, -0.15) is 0 Å². The zero-order valence-electron chi connectivity index (χ0n) is 16.9. The molecule has 0 radical (unpaired) electrons. The van der Waals surface area contributed by atoms with E-state index in [1.54, 1.807) is 21.1 Å². The quantitative estimate of drug-likeness (QED) is 0.821. The van der Waals surface area contributed by atoms with E-state index in [1.165, 1.54) is 0 Å². The van der Waals surface area contributed by atoms with E-state index in [-0.39, 0.29) is 29.8 Å². The molecule has 7 nitrogen and oxygen atoms in total. The lowest BCUT2D eigenvalue weighted by Gasteiger charge is -2.42. The van der Waals surface area contributed by atoms with Crippen LogP contribution in [-0.2, 0) is 16.0 Å². The molecule has 2 saturated heterocycles. The molecule has 3 rings (SSSR count). The molecule has 1 aromatic rings. The van der Waals surface area contributed by atoms with E-state index >= 15 is 0 Å². The predicted octanol–water partition coefficient (Wildman–Crippen LogP) is 1.33. The lowest BCUT2D eigenvalue weighted by atomic mass is 9.71. The molecule has 1 aromatic carbocycles. The third kappa shape index (κ3) is 3.94. The molecule has 1 spiro atoms. The number of carbonyl (C=O) groups is 2. The minimum atomic E-state index is -0.0689. The molecule has 2 heterocycles. The number of piperidine rings is 1. The number of aliphatic hydroxyl groups excluding tert-OH is 1. The van der Waals surface area contributed by atoms with Crippen LogP contribution in [0.4, 0.5) is 0 Å². The topological polar surface area (TPSA) is 79.3 Å². The minimum Gasteiger partial charge on any atom is -0.493 e. The molecular formula is C21H30N2O5. The maximum atomic E-state index is 12.8. The highest BCUT2D eigenvalue weighted by molar-refractivity contribution is 5.79. The van der Waals surface area contributed by atoms with Gasteiger partial charge >= 0.3 is 0 Å². The van der Waals surface area contributed by atoms with Gasteiger partial charge in [0, 0.05) is 45.6 Å². The average molecular weight is 390 g/mol. The molecule has 2 aliphatic rings. The Labute approximate surface area is 166 Å². The van der Waals surface area contributed by atoms with E-state index in [0.717, 1.165) is 18.4 Å². The number of benzene rings is 1. The molecule has 1 unspecified atom stereocenters. The van der Waals surface area contributed by atoms with Crippen LogP contribution in [0, 0.1) is 11.3 Å². The van der Waals surface area contributed by atoms with Gasteiger partial charge in [0.25, 0.3) is 0 Å². The summed E-state index contributed by atoms with van der Waals surface area (Å²) in [5.41, 5.74) is 0.820. The molecular weight excluding hydrogens is 360 g/mol. The van der Waals surface area contributed by atoms with Gasteiger partial charge in [-0.05, 0) is 36.0 Å². The highest BCUT2D eigenvalue weighted by Crippen LogP contribution is 2.44. The standard InChI is InChI=1S/C21H30N2O5/c1-15(25)23-12-17(13-24)21(14-23)6-8-22(9-7-21)20(26)11-16-4-5-18(27-2)19(10-16)28-3/h4-5,10,17,24H,6-9,11-14H2,1-3H3. The van der Waals surface area contributed by atoms with Gasteiger partial charge in [-0.25, -0.2) is 0 Å². The van der Waals surface area contributed by atoms with Crippen LogP contribution < -0.4 is 9.47 Å². The van der Waals surface area contributed by atoms with Crippen molar-refractivity contribution in [2.45, 2.75) is 26.2 Å². The fourth-order valence-corrected chi connectivity index (χ4v) is 4.57. The highest BCUT2D eigenvalue weighted by Gasteiger charge is 2.48. The van der Waals surface area contributed by atoms with Crippen molar-refractivity contribution in [2.75, 3.05) is 47.0 Å². The first kappa shape index (κ1) is 20.5. The van der Waals surface area contributed by atoms with Crippen LogP contribution in [0.1, 0.15) is 25.3 Å². The van der Waals surface area contributed by atoms with Gasteiger partial charge in [0.15, 0.2) is 11.5 Å². The lowest BCUT2D eigenvalue weighted by molar-refractivity contribution is -0.134. The molecule has 2 amide bonds. The van der Waals surface area contributed by atoms with Crippen LogP contribution in [0.25, 0.3) is 0 Å². The molecule has 0 aliphatic carbocycles. The van der Waals surface area contributed by atoms with Crippen molar-refractivity contribution in [1.82, 2.24) is 9.80 Å². The Kier molecular flexibility index (Phi) is 6.13. The Bertz CT molecular complexity index is 728. The number of aliphatic hydroxyl groups is 1. The Morgan fingerprint density at radius 1 is 1.14 bits per heavy atom. The second kappa shape index (κ2) is 8.39. The Morgan fingerprint density at radius 3 is 2.39 bits per heavy atom. The van der Waals surface area contributed by atoms with Crippen molar-refractivity contribution in [3.8, 4) is 11.5 Å². The molecule has 7 heteroatoms. The second-order valence-electron chi connectivity index (χ2n) is 7.89. The summed E-state index contributed by atoms with van der Waals surface area (Å²) in [5, 5.41) is 9.80. The molecule has 1 N–H and O–H groups in total. The van der Waals surface area contributed by atoms with Crippen molar-refractivity contribution in [3.63, 3.8) is 0 Å². The summed E-state index contributed by atoms with van der Waals surface area (Å²) in [7, 11) is 3.17. The van der Waals surface area contributed by atoms with Gasteiger partial charge in [-0.3, -0.25) is 9.59 Å². The minimum absolute atomic E-state index is 0.0577. The highest BCUT2D eigenvalue weighted by atomic mass is 16.5. The summed E-state index contributed by atoms with van der Waals surface area (Å²) in [6, 6.07) is 5.53. The van der Waals surface area contributed by atoms with E-state index in [9.17, 15) is 14.7 Å². The SMILES string of the molecule is COc1ccc(CC(=O)N2CCC3(CC2)CN(C(C)=O)CC3CO)cc1OC. The monoisotopic (exact) mass is 390 g/mol. The number of ether oxygens (including phenoxy) is 2. The molecule has 2 fully saturated rings. The van der Waals surface area contributed by atoms with E-state index in [2.05, 4.69) is 0 Å². The largest absolute Gasteiger partial charge is 0.493 e. The first-order chi connectivity index (χ1) is 13.4. The summed E-state index contributed by atoms with van der Waals surface area (Å²) >= 11 is 0. The van der Waals surface area contributed by atoms with Crippen LogP contribution in [0.15, 0.2) is 18.2 Å². The average Bonchev–Trinajstić information content (AvgIpc) is 3.06. The molecule has 2 aliphatic heterocycles. The first-order valence-corrected chi connectivity index (χ1v) is 9.77. The van der Waals surface area contributed by atoms with Gasteiger partial charge in [-0.15, -0.1) is 0 Å². The summed E-state index contributed by atoms with van der Waals surface area (Å²) in [4.78, 5) is 28.3. The Morgan fingerprint density at radius 2 is 1.82 bits per heavy atom. The summed E-state index contributed by atoms with van der Waals surface area (Å²) in [6.45, 7) is 4.29. The van der Waals surface area contributed by atoms with Crippen molar-refractivity contribution < 1.29 is 24.2 Å². The zero-order valence-corrected chi connectivity index (χ0v) is 16.9. The van der Waals surface area contributed by atoms with Crippen LogP contribution >= 0.6 is 0 Å². The predicted molar refractivity (Wildman–Crippen MR) is 104 cm³/mol. The molecule has 0 aromatic heterocycles. The van der Waals surface area contributed by atoms with Gasteiger partial charge < -0.3 is 24.4 Å². The van der Waals surface area contributed by atoms with Crippen molar-refractivity contribution >= 4 is 11.8 Å². The molecule has 28 heavy (non-hydrogen) atoms. The van der Waals surface area contributed by atoms with Gasteiger partial charge in [0.1, 0.15) is 0 Å². The van der Waals surface area contributed by atoms with E-state index < -0.39 is 0 Å². The molecule has 1 atom stereocenters. The fourth-order valence-electron chi connectivity index (χ4n) is 4.57. The number of nitrogens with zero attached hydrogens (tertiary/aromatic N) is 2. The Balaban J connectivity index is 1.62. The first-order valence-electron chi connectivity index (χ1n) is 9.77.